The fourth-order valence-electron chi connectivity index (χ4n) is 1.36. The molecule has 2 rings (SSSR count). The monoisotopic (exact) mass is 238 g/mol. The molecule has 0 spiro atoms. The third kappa shape index (κ3) is 2.48. The van der Waals surface area contributed by atoms with E-state index in [-0.39, 0.29) is 13.2 Å². The van der Waals surface area contributed by atoms with E-state index in [2.05, 4.69) is 5.16 Å². The number of fused-ring (bicyclic) bond motifs is 1. The summed E-state index contributed by atoms with van der Waals surface area (Å²) in [5.41, 5.74) is 6.11. The summed E-state index contributed by atoms with van der Waals surface area (Å²) in [5, 5.41) is 13.3. The molecule has 2 aromatic rings. The van der Waals surface area contributed by atoms with Crippen LogP contribution in [0.15, 0.2) is 22.7 Å². The minimum atomic E-state index is -0.431. The summed E-state index contributed by atoms with van der Waals surface area (Å²) in [6.45, 7) is 0.0494. The lowest BCUT2D eigenvalue weighted by atomic mass is 10.2. The van der Waals surface area contributed by atoms with Gasteiger partial charge < -0.3 is 24.8 Å². The van der Waals surface area contributed by atoms with Crippen molar-refractivity contribution < 1.29 is 19.1 Å². The largest absolute Gasteiger partial charge is 0.497 e. The zero-order valence-electron chi connectivity index (χ0n) is 9.42. The van der Waals surface area contributed by atoms with Crippen molar-refractivity contribution in [2.75, 3.05) is 20.3 Å². The first-order valence-electron chi connectivity index (χ1n) is 5.17. The Morgan fingerprint density at radius 1 is 1.53 bits per heavy atom. The average Bonchev–Trinajstić information content (AvgIpc) is 2.77. The van der Waals surface area contributed by atoms with E-state index in [1.807, 2.05) is 0 Å². The van der Waals surface area contributed by atoms with Crippen molar-refractivity contribution in [3.05, 3.63) is 18.2 Å². The molecule has 1 atom stereocenters. The molecule has 6 nitrogen and oxygen atoms in total. The maximum atomic E-state index is 8.78. The van der Waals surface area contributed by atoms with Crippen LogP contribution in [0.1, 0.15) is 0 Å². The number of nitrogens with two attached hydrogens (primary N) is 1. The summed E-state index contributed by atoms with van der Waals surface area (Å²) in [6.07, 6.45) is 0. The average molecular weight is 238 g/mol. The van der Waals surface area contributed by atoms with Gasteiger partial charge in [0.05, 0.1) is 25.1 Å². The fourth-order valence-corrected chi connectivity index (χ4v) is 1.36. The lowest BCUT2D eigenvalue weighted by molar-refractivity contribution is 0.198. The van der Waals surface area contributed by atoms with E-state index in [1.54, 1.807) is 25.3 Å². The molecule has 1 unspecified atom stereocenters. The molecule has 0 aliphatic heterocycles. The molecule has 0 bridgehead atoms. The van der Waals surface area contributed by atoms with Crippen LogP contribution >= 0.6 is 0 Å². The van der Waals surface area contributed by atoms with Crippen LogP contribution in [0.5, 0.6) is 11.6 Å². The van der Waals surface area contributed by atoms with Crippen LogP contribution in [0.2, 0.25) is 0 Å². The summed E-state index contributed by atoms with van der Waals surface area (Å²) >= 11 is 0. The van der Waals surface area contributed by atoms with E-state index in [1.165, 1.54) is 0 Å². The number of methoxy groups -OCH3 is 1. The van der Waals surface area contributed by atoms with Gasteiger partial charge in [0.1, 0.15) is 12.4 Å². The van der Waals surface area contributed by atoms with Gasteiger partial charge in [-0.05, 0) is 17.3 Å². The van der Waals surface area contributed by atoms with Gasteiger partial charge in [-0.25, -0.2) is 0 Å². The normalized spacial score (nSPS) is 12.6. The highest BCUT2D eigenvalue weighted by atomic mass is 16.5. The molecule has 3 N–H and O–H groups in total. The van der Waals surface area contributed by atoms with Crippen molar-refractivity contribution in [2.45, 2.75) is 6.04 Å². The van der Waals surface area contributed by atoms with Gasteiger partial charge in [-0.2, -0.15) is 0 Å². The van der Waals surface area contributed by atoms with Gasteiger partial charge in [0, 0.05) is 6.07 Å². The molecular weight excluding hydrogens is 224 g/mol. The minimum absolute atomic E-state index is 0.135. The fraction of sp³-hybridized carbons (Fsp3) is 0.364. The Labute approximate surface area is 97.9 Å². The summed E-state index contributed by atoms with van der Waals surface area (Å²) in [6, 6.07) is 4.88. The standard InChI is InChI=1S/C11H14N2O4/c1-15-8-2-3-9-10(4-8)17-13-11(9)16-6-7(12)5-14/h2-4,7,14H,5-6,12H2,1H3. The molecule has 0 amide bonds. The zero-order chi connectivity index (χ0) is 12.3. The van der Waals surface area contributed by atoms with Gasteiger partial charge in [0.2, 0.25) is 0 Å². The molecule has 0 radical (unpaired) electrons. The van der Waals surface area contributed by atoms with Crippen LogP contribution in [0.4, 0.5) is 0 Å². The highest BCUT2D eigenvalue weighted by molar-refractivity contribution is 5.83. The SMILES string of the molecule is COc1ccc2c(OCC(N)CO)noc2c1. The second-order valence-electron chi connectivity index (χ2n) is 3.60. The maximum Gasteiger partial charge on any atom is 0.262 e. The van der Waals surface area contributed by atoms with Crippen molar-refractivity contribution in [3.63, 3.8) is 0 Å². The first-order chi connectivity index (χ1) is 8.24. The first-order valence-corrected chi connectivity index (χ1v) is 5.17. The summed E-state index contributed by atoms with van der Waals surface area (Å²) in [5.74, 6) is 1.05. The van der Waals surface area contributed by atoms with Gasteiger partial charge in [-0.15, -0.1) is 0 Å². The van der Waals surface area contributed by atoms with Gasteiger partial charge in [-0.1, -0.05) is 0 Å². The van der Waals surface area contributed by atoms with E-state index in [0.29, 0.717) is 17.2 Å². The van der Waals surface area contributed by atoms with E-state index in [9.17, 15) is 0 Å². The number of aliphatic hydroxyl groups excluding tert-OH is 1. The Kier molecular flexibility index (Phi) is 3.46. The van der Waals surface area contributed by atoms with Gasteiger partial charge >= 0.3 is 0 Å². The van der Waals surface area contributed by atoms with E-state index in [4.69, 9.17) is 24.8 Å². The van der Waals surface area contributed by atoms with Crippen molar-refractivity contribution in [3.8, 4) is 11.6 Å². The quantitative estimate of drug-likeness (QED) is 0.789. The second kappa shape index (κ2) is 5.03. The number of hydrogen-bond acceptors (Lipinski definition) is 6. The first kappa shape index (κ1) is 11.7. The highest BCUT2D eigenvalue weighted by Gasteiger charge is 2.11. The summed E-state index contributed by atoms with van der Waals surface area (Å²) in [4.78, 5) is 0. The molecular formula is C11H14N2O4. The molecule has 92 valence electrons. The number of hydrogen-bond donors (Lipinski definition) is 2. The van der Waals surface area contributed by atoms with Gasteiger partial charge in [0.25, 0.3) is 5.88 Å². The van der Waals surface area contributed by atoms with E-state index in [0.717, 1.165) is 5.39 Å². The van der Waals surface area contributed by atoms with Crippen molar-refractivity contribution in [1.29, 1.82) is 0 Å². The van der Waals surface area contributed by atoms with Crippen LogP contribution in [-0.2, 0) is 0 Å². The molecule has 6 heteroatoms. The topological polar surface area (TPSA) is 90.7 Å². The molecule has 0 aliphatic carbocycles. The molecule has 0 saturated carbocycles. The number of aliphatic hydroxyl groups is 1. The van der Waals surface area contributed by atoms with Crippen molar-refractivity contribution in [1.82, 2.24) is 5.16 Å². The number of rotatable bonds is 5. The number of benzene rings is 1. The molecule has 1 heterocycles. The highest BCUT2D eigenvalue weighted by Crippen LogP contribution is 2.28. The molecule has 1 aromatic heterocycles. The Hall–Kier alpha value is -1.79. The van der Waals surface area contributed by atoms with Gasteiger partial charge in [-0.3, -0.25) is 0 Å². The number of nitrogens with zero attached hydrogens (tertiary/aromatic N) is 1. The van der Waals surface area contributed by atoms with E-state index >= 15 is 0 Å². The Morgan fingerprint density at radius 3 is 3.06 bits per heavy atom. The summed E-state index contributed by atoms with van der Waals surface area (Å²) < 4.78 is 15.5. The smallest absolute Gasteiger partial charge is 0.262 e. The van der Waals surface area contributed by atoms with Crippen LogP contribution in [-0.4, -0.2) is 36.6 Å². The number of aromatic nitrogens is 1. The predicted molar refractivity (Wildman–Crippen MR) is 61.1 cm³/mol. The third-order valence-electron chi connectivity index (χ3n) is 2.31. The van der Waals surface area contributed by atoms with Crippen LogP contribution in [0.3, 0.4) is 0 Å². The molecule has 0 aliphatic rings. The molecule has 0 saturated heterocycles. The van der Waals surface area contributed by atoms with Gasteiger partial charge in [0.15, 0.2) is 5.58 Å². The lowest BCUT2D eigenvalue weighted by Gasteiger charge is -2.07. The van der Waals surface area contributed by atoms with Crippen LogP contribution < -0.4 is 15.2 Å². The molecule has 17 heavy (non-hydrogen) atoms. The Balaban J connectivity index is 2.18. The summed E-state index contributed by atoms with van der Waals surface area (Å²) in [7, 11) is 1.58. The second-order valence-corrected chi connectivity index (χ2v) is 3.60. The zero-order valence-corrected chi connectivity index (χ0v) is 9.42. The number of ether oxygens (including phenoxy) is 2. The third-order valence-corrected chi connectivity index (χ3v) is 2.31. The predicted octanol–water partition coefficient (Wildman–Crippen LogP) is 0.535. The minimum Gasteiger partial charge on any atom is -0.497 e. The van der Waals surface area contributed by atoms with Crippen LogP contribution in [0.25, 0.3) is 11.0 Å². The van der Waals surface area contributed by atoms with Crippen LogP contribution in [0, 0.1) is 0 Å². The van der Waals surface area contributed by atoms with Crippen molar-refractivity contribution >= 4 is 11.0 Å². The van der Waals surface area contributed by atoms with Crippen molar-refractivity contribution in [2.24, 2.45) is 5.73 Å². The molecule has 0 fully saturated rings. The maximum absolute atomic E-state index is 8.78. The Morgan fingerprint density at radius 2 is 2.35 bits per heavy atom. The lowest BCUT2D eigenvalue weighted by Crippen LogP contribution is -2.31. The molecule has 1 aromatic carbocycles. The Bertz CT molecular complexity index is 497. The van der Waals surface area contributed by atoms with E-state index < -0.39 is 6.04 Å².